The molecular formula is C12H22N4. The molecule has 1 aromatic heterocycles. The van der Waals surface area contributed by atoms with Crippen LogP contribution in [-0.2, 0) is 13.6 Å². The summed E-state index contributed by atoms with van der Waals surface area (Å²) in [5.41, 5.74) is 1.18. The molecule has 0 spiro atoms. The summed E-state index contributed by atoms with van der Waals surface area (Å²) in [6, 6.07) is 2.81. The average molecular weight is 222 g/mol. The molecule has 0 saturated carbocycles. The Morgan fingerprint density at radius 1 is 1.62 bits per heavy atom. The Morgan fingerprint density at radius 2 is 2.50 bits per heavy atom. The van der Waals surface area contributed by atoms with Gasteiger partial charge in [0.2, 0.25) is 0 Å². The molecule has 0 aromatic carbocycles. The van der Waals surface area contributed by atoms with E-state index in [-0.39, 0.29) is 0 Å². The van der Waals surface area contributed by atoms with Crippen LogP contribution in [0.15, 0.2) is 12.3 Å². The van der Waals surface area contributed by atoms with Crippen LogP contribution >= 0.6 is 0 Å². The van der Waals surface area contributed by atoms with Gasteiger partial charge >= 0.3 is 0 Å². The highest BCUT2D eigenvalue weighted by atomic mass is 15.3. The lowest BCUT2D eigenvalue weighted by Gasteiger charge is -2.26. The zero-order valence-electron chi connectivity index (χ0n) is 10.3. The predicted octanol–water partition coefficient (Wildman–Crippen LogP) is 0.994. The molecule has 4 nitrogen and oxygen atoms in total. The summed E-state index contributed by atoms with van der Waals surface area (Å²) in [7, 11) is 1.98. The van der Waals surface area contributed by atoms with E-state index in [9.17, 15) is 0 Å². The van der Waals surface area contributed by atoms with Gasteiger partial charge in [-0.05, 0) is 32.0 Å². The molecule has 1 aliphatic heterocycles. The molecule has 0 bridgehead atoms. The van der Waals surface area contributed by atoms with E-state index < -0.39 is 0 Å². The van der Waals surface area contributed by atoms with Crippen molar-refractivity contribution >= 4 is 0 Å². The van der Waals surface area contributed by atoms with Gasteiger partial charge in [-0.1, -0.05) is 6.92 Å². The van der Waals surface area contributed by atoms with Gasteiger partial charge in [0.1, 0.15) is 0 Å². The number of hydrogen-bond donors (Lipinski definition) is 1. The second kappa shape index (κ2) is 5.46. The quantitative estimate of drug-likeness (QED) is 0.806. The molecule has 0 amide bonds. The zero-order valence-corrected chi connectivity index (χ0v) is 10.3. The minimum atomic E-state index is 0.696. The molecule has 1 unspecified atom stereocenters. The molecule has 1 atom stereocenters. The van der Waals surface area contributed by atoms with Crippen molar-refractivity contribution < 1.29 is 0 Å². The third-order valence-corrected chi connectivity index (χ3v) is 3.20. The highest BCUT2D eigenvalue weighted by Crippen LogP contribution is 2.12. The largest absolute Gasteiger partial charge is 0.315 e. The van der Waals surface area contributed by atoms with Gasteiger partial charge in [-0.25, -0.2) is 0 Å². The monoisotopic (exact) mass is 222 g/mol. The average Bonchev–Trinajstić information content (AvgIpc) is 2.88. The van der Waals surface area contributed by atoms with E-state index in [0.29, 0.717) is 6.04 Å². The van der Waals surface area contributed by atoms with Crippen molar-refractivity contribution in [3.8, 4) is 0 Å². The van der Waals surface area contributed by atoms with Crippen LogP contribution in [0.2, 0.25) is 0 Å². The maximum atomic E-state index is 4.46. The van der Waals surface area contributed by atoms with Gasteiger partial charge in [-0.15, -0.1) is 0 Å². The van der Waals surface area contributed by atoms with Crippen molar-refractivity contribution in [2.24, 2.45) is 7.05 Å². The van der Waals surface area contributed by atoms with Crippen LogP contribution in [0.4, 0.5) is 0 Å². The van der Waals surface area contributed by atoms with Crippen molar-refractivity contribution in [1.29, 1.82) is 0 Å². The minimum Gasteiger partial charge on any atom is -0.315 e. The van der Waals surface area contributed by atoms with E-state index in [2.05, 4.69) is 28.3 Å². The first-order valence-electron chi connectivity index (χ1n) is 6.23. The number of aromatic nitrogens is 2. The van der Waals surface area contributed by atoms with Gasteiger partial charge < -0.3 is 5.32 Å². The number of nitrogens with zero attached hydrogens (tertiary/aromatic N) is 3. The topological polar surface area (TPSA) is 33.1 Å². The molecule has 16 heavy (non-hydrogen) atoms. The smallest absolute Gasteiger partial charge is 0.0764 e. The first-order chi connectivity index (χ1) is 7.79. The Labute approximate surface area is 97.6 Å². The van der Waals surface area contributed by atoms with Gasteiger partial charge in [-0.3, -0.25) is 9.58 Å². The lowest BCUT2D eigenvalue weighted by molar-refractivity contribution is 0.197. The molecule has 1 fully saturated rings. The normalized spacial score (nSPS) is 20.8. The van der Waals surface area contributed by atoms with E-state index in [4.69, 9.17) is 0 Å². The third kappa shape index (κ3) is 2.83. The summed E-state index contributed by atoms with van der Waals surface area (Å²) in [6.45, 7) is 6.69. The van der Waals surface area contributed by atoms with Crippen LogP contribution in [0.5, 0.6) is 0 Å². The van der Waals surface area contributed by atoms with Crippen molar-refractivity contribution in [1.82, 2.24) is 20.0 Å². The summed E-state index contributed by atoms with van der Waals surface area (Å²) in [5, 5.41) is 7.89. The van der Waals surface area contributed by atoms with E-state index in [1.54, 1.807) is 0 Å². The molecule has 1 aromatic rings. The fourth-order valence-corrected chi connectivity index (χ4v) is 2.38. The maximum absolute atomic E-state index is 4.46. The van der Waals surface area contributed by atoms with Crippen LogP contribution in [-0.4, -0.2) is 40.4 Å². The van der Waals surface area contributed by atoms with Gasteiger partial charge in [0.15, 0.2) is 0 Å². The maximum Gasteiger partial charge on any atom is 0.0764 e. The molecule has 2 heterocycles. The lowest BCUT2D eigenvalue weighted by atomic mass is 10.2. The SMILES string of the molecule is CCCN(Cc1ccn(C)n1)C1CCNC1. The summed E-state index contributed by atoms with van der Waals surface area (Å²) in [6.07, 6.45) is 4.50. The van der Waals surface area contributed by atoms with Gasteiger partial charge in [0.25, 0.3) is 0 Å². The van der Waals surface area contributed by atoms with Gasteiger partial charge in [0, 0.05) is 32.4 Å². The summed E-state index contributed by atoms with van der Waals surface area (Å²) in [5.74, 6) is 0. The van der Waals surface area contributed by atoms with Crippen molar-refractivity contribution in [3.63, 3.8) is 0 Å². The number of hydrogen-bond acceptors (Lipinski definition) is 3. The number of aryl methyl sites for hydroxylation is 1. The van der Waals surface area contributed by atoms with Crippen LogP contribution in [0.1, 0.15) is 25.5 Å². The second-order valence-corrected chi connectivity index (χ2v) is 4.60. The summed E-state index contributed by atoms with van der Waals surface area (Å²) >= 11 is 0. The Kier molecular flexibility index (Phi) is 3.96. The minimum absolute atomic E-state index is 0.696. The van der Waals surface area contributed by atoms with E-state index in [1.807, 2.05) is 17.9 Å². The van der Waals surface area contributed by atoms with E-state index in [1.165, 1.54) is 25.1 Å². The standard InChI is InChI=1S/C12H22N4/c1-3-7-16(12-4-6-13-9-12)10-11-5-8-15(2)14-11/h5,8,12-13H,3-4,6-7,9-10H2,1-2H3. The van der Waals surface area contributed by atoms with Crippen molar-refractivity contribution in [3.05, 3.63) is 18.0 Å². The Bertz CT molecular complexity index is 315. The summed E-state index contributed by atoms with van der Waals surface area (Å²) < 4.78 is 1.88. The second-order valence-electron chi connectivity index (χ2n) is 4.60. The first kappa shape index (κ1) is 11.6. The molecular weight excluding hydrogens is 200 g/mol. The van der Waals surface area contributed by atoms with Crippen molar-refractivity contribution in [2.45, 2.75) is 32.4 Å². The fraction of sp³-hybridized carbons (Fsp3) is 0.750. The third-order valence-electron chi connectivity index (χ3n) is 3.20. The number of nitrogens with one attached hydrogen (secondary N) is 1. The molecule has 90 valence electrons. The van der Waals surface area contributed by atoms with E-state index in [0.717, 1.165) is 19.6 Å². The highest BCUT2D eigenvalue weighted by molar-refractivity contribution is 4.99. The molecule has 0 radical (unpaired) electrons. The predicted molar refractivity (Wildman–Crippen MR) is 65.2 cm³/mol. The highest BCUT2D eigenvalue weighted by Gasteiger charge is 2.22. The Morgan fingerprint density at radius 3 is 3.06 bits per heavy atom. The molecule has 1 saturated heterocycles. The molecule has 1 aliphatic rings. The Balaban J connectivity index is 1.96. The molecule has 1 N–H and O–H groups in total. The molecule has 4 heteroatoms. The van der Waals surface area contributed by atoms with Crippen LogP contribution < -0.4 is 5.32 Å². The van der Waals surface area contributed by atoms with Crippen LogP contribution in [0.25, 0.3) is 0 Å². The Hall–Kier alpha value is -0.870. The van der Waals surface area contributed by atoms with Gasteiger partial charge in [0.05, 0.1) is 5.69 Å². The zero-order chi connectivity index (χ0) is 11.4. The fourth-order valence-electron chi connectivity index (χ4n) is 2.38. The van der Waals surface area contributed by atoms with Crippen molar-refractivity contribution in [2.75, 3.05) is 19.6 Å². The number of rotatable bonds is 5. The molecule has 0 aliphatic carbocycles. The lowest BCUT2D eigenvalue weighted by Crippen LogP contribution is -2.37. The van der Waals surface area contributed by atoms with Gasteiger partial charge in [-0.2, -0.15) is 5.10 Å². The van der Waals surface area contributed by atoms with Crippen LogP contribution in [0, 0.1) is 0 Å². The molecule has 2 rings (SSSR count). The summed E-state index contributed by atoms with van der Waals surface area (Å²) in [4.78, 5) is 2.56. The van der Waals surface area contributed by atoms with E-state index >= 15 is 0 Å². The first-order valence-corrected chi connectivity index (χ1v) is 6.23. The van der Waals surface area contributed by atoms with Crippen LogP contribution in [0.3, 0.4) is 0 Å².